The van der Waals surface area contributed by atoms with Gasteiger partial charge in [0.25, 0.3) is 0 Å². The second-order valence-corrected chi connectivity index (χ2v) is 5.35. The van der Waals surface area contributed by atoms with E-state index in [2.05, 4.69) is 24.1 Å². The van der Waals surface area contributed by atoms with Crippen LogP contribution < -0.4 is 5.32 Å². The lowest BCUT2D eigenvalue weighted by Crippen LogP contribution is -2.14. The van der Waals surface area contributed by atoms with Crippen LogP contribution in [0.1, 0.15) is 33.1 Å². The lowest BCUT2D eigenvalue weighted by atomic mass is 10.1. The molecule has 1 aromatic heterocycles. The number of rotatable bonds is 5. The van der Waals surface area contributed by atoms with E-state index in [0.29, 0.717) is 6.04 Å². The van der Waals surface area contributed by atoms with Gasteiger partial charge >= 0.3 is 0 Å². The average Bonchev–Trinajstić information content (AvgIpc) is 2.67. The zero-order valence-electron chi connectivity index (χ0n) is 10.2. The SMILES string of the molecule is CCCCC(C)Nc1nc2cc(F)ccc2s1. The summed E-state index contributed by atoms with van der Waals surface area (Å²) in [5.41, 5.74) is 0.736. The Kier molecular flexibility index (Phi) is 3.94. The molecule has 0 saturated carbocycles. The van der Waals surface area contributed by atoms with Gasteiger partial charge in [-0.1, -0.05) is 31.1 Å². The molecule has 0 amide bonds. The first-order chi connectivity index (χ1) is 8.19. The minimum Gasteiger partial charge on any atom is -0.359 e. The molecule has 0 saturated heterocycles. The third kappa shape index (κ3) is 3.16. The standard InChI is InChI=1S/C13H17FN2S/c1-3-4-5-9(2)15-13-16-11-8-10(14)6-7-12(11)17-13/h6-9H,3-5H2,1-2H3,(H,15,16). The summed E-state index contributed by atoms with van der Waals surface area (Å²) >= 11 is 1.58. The molecule has 0 aliphatic carbocycles. The average molecular weight is 252 g/mol. The number of fused-ring (bicyclic) bond motifs is 1. The van der Waals surface area contributed by atoms with Crippen molar-refractivity contribution >= 4 is 26.7 Å². The van der Waals surface area contributed by atoms with Crippen molar-refractivity contribution in [2.24, 2.45) is 0 Å². The molecule has 1 aromatic carbocycles. The van der Waals surface area contributed by atoms with E-state index in [1.807, 2.05) is 0 Å². The van der Waals surface area contributed by atoms with Gasteiger partial charge in [0.15, 0.2) is 5.13 Å². The molecule has 0 bridgehead atoms. The Balaban J connectivity index is 2.08. The van der Waals surface area contributed by atoms with Crippen molar-refractivity contribution in [1.29, 1.82) is 0 Å². The van der Waals surface area contributed by atoms with Gasteiger partial charge in [-0.05, 0) is 25.5 Å². The van der Waals surface area contributed by atoms with Gasteiger partial charge in [0, 0.05) is 12.1 Å². The number of nitrogens with one attached hydrogen (secondary N) is 1. The minimum absolute atomic E-state index is 0.228. The highest BCUT2D eigenvalue weighted by atomic mass is 32.1. The lowest BCUT2D eigenvalue weighted by Gasteiger charge is -2.11. The number of hydrogen-bond acceptors (Lipinski definition) is 3. The molecule has 1 atom stereocenters. The van der Waals surface area contributed by atoms with E-state index >= 15 is 0 Å². The van der Waals surface area contributed by atoms with Crippen LogP contribution in [-0.4, -0.2) is 11.0 Å². The summed E-state index contributed by atoms with van der Waals surface area (Å²) in [4.78, 5) is 4.39. The second kappa shape index (κ2) is 5.45. The van der Waals surface area contributed by atoms with Crippen LogP contribution in [0.4, 0.5) is 9.52 Å². The van der Waals surface area contributed by atoms with Gasteiger partial charge in [0.05, 0.1) is 10.2 Å². The summed E-state index contributed by atoms with van der Waals surface area (Å²) in [6.07, 6.45) is 3.56. The Morgan fingerprint density at radius 3 is 3.06 bits per heavy atom. The molecular formula is C13H17FN2S. The van der Waals surface area contributed by atoms with Crippen molar-refractivity contribution in [2.45, 2.75) is 39.2 Å². The lowest BCUT2D eigenvalue weighted by molar-refractivity contribution is 0.629. The van der Waals surface area contributed by atoms with Gasteiger partial charge in [-0.3, -0.25) is 0 Å². The highest BCUT2D eigenvalue weighted by molar-refractivity contribution is 7.22. The largest absolute Gasteiger partial charge is 0.359 e. The van der Waals surface area contributed by atoms with Crippen molar-refractivity contribution in [3.8, 4) is 0 Å². The molecule has 17 heavy (non-hydrogen) atoms. The predicted molar refractivity (Wildman–Crippen MR) is 72.2 cm³/mol. The normalized spacial score (nSPS) is 12.9. The molecule has 1 unspecified atom stereocenters. The quantitative estimate of drug-likeness (QED) is 0.851. The van der Waals surface area contributed by atoms with Gasteiger partial charge in [-0.2, -0.15) is 0 Å². The summed E-state index contributed by atoms with van der Waals surface area (Å²) in [6.45, 7) is 4.34. The van der Waals surface area contributed by atoms with Gasteiger partial charge in [-0.15, -0.1) is 0 Å². The first-order valence-electron chi connectivity index (χ1n) is 6.01. The number of nitrogens with zero attached hydrogens (tertiary/aromatic N) is 1. The van der Waals surface area contributed by atoms with Crippen LogP contribution >= 0.6 is 11.3 Å². The van der Waals surface area contributed by atoms with E-state index < -0.39 is 0 Å². The zero-order chi connectivity index (χ0) is 12.3. The summed E-state index contributed by atoms with van der Waals surface area (Å²) < 4.78 is 14.0. The topological polar surface area (TPSA) is 24.9 Å². The molecule has 2 aromatic rings. The van der Waals surface area contributed by atoms with E-state index in [9.17, 15) is 4.39 Å². The maximum absolute atomic E-state index is 13.0. The van der Waals surface area contributed by atoms with E-state index in [1.54, 1.807) is 17.4 Å². The Morgan fingerprint density at radius 2 is 2.29 bits per heavy atom. The van der Waals surface area contributed by atoms with E-state index in [4.69, 9.17) is 0 Å². The molecule has 0 spiro atoms. The Bertz CT molecular complexity index is 495. The van der Waals surface area contributed by atoms with Crippen LogP contribution in [0.25, 0.3) is 10.2 Å². The number of unbranched alkanes of at least 4 members (excludes halogenated alkanes) is 1. The minimum atomic E-state index is -0.228. The Hall–Kier alpha value is -1.16. The molecule has 4 heteroatoms. The smallest absolute Gasteiger partial charge is 0.184 e. The molecule has 1 heterocycles. The summed E-state index contributed by atoms with van der Waals surface area (Å²) in [6, 6.07) is 5.16. The summed E-state index contributed by atoms with van der Waals surface area (Å²) in [7, 11) is 0. The van der Waals surface area contributed by atoms with E-state index in [1.165, 1.54) is 25.0 Å². The highest BCUT2D eigenvalue weighted by Crippen LogP contribution is 2.27. The van der Waals surface area contributed by atoms with Crippen LogP contribution in [0.3, 0.4) is 0 Å². The highest BCUT2D eigenvalue weighted by Gasteiger charge is 2.07. The van der Waals surface area contributed by atoms with Crippen molar-refractivity contribution in [2.75, 3.05) is 5.32 Å². The van der Waals surface area contributed by atoms with Gasteiger partial charge in [0.2, 0.25) is 0 Å². The number of thiazole rings is 1. The molecule has 0 aliphatic heterocycles. The third-order valence-corrected chi connectivity index (χ3v) is 3.68. The second-order valence-electron chi connectivity index (χ2n) is 4.32. The molecule has 1 N–H and O–H groups in total. The monoisotopic (exact) mass is 252 g/mol. The fourth-order valence-corrected chi connectivity index (χ4v) is 2.71. The maximum atomic E-state index is 13.0. The Labute approximate surface area is 105 Å². The molecule has 0 fully saturated rings. The van der Waals surface area contributed by atoms with Crippen molar-refractivity contribution in [3.05, 3.63) is 24.0 Å². The first-order valence-corrected chi connectivity index (χ1v) is 6.83. The molecule has 92 valence electrons. The van der Waals surface area contributed by atoms with Gasteiger partial charge in [-0.25, -0.2) is 9.37 Å². The van der Waals surface area contributed by atoms with Gasteiger partial charge in [0.1, 0.15) is 5.82 Å². The first kappa shape index (κ1) is 12.3. The van der Waals surface area contributed by atoms with Crippen LogP contribution in [-0.2, 0) is 0 Å². The number of anilines is 1. The fourth-order valence-electron chi connectivity index (χ4n) is 1.76. The third-order valence-electron chi connectivity index (χ3n) is 2.71. The number of hydrogen-bond donors (Lipinski definition) is 1. The maximum Gasteiger partial charge on any atom is 0.184 e. The number of benzene rings is 1. The van der Waals surface area contributed by atoms with Crippen LogP contribution in [0.15, 0.2) is 18.2 Å². The van der Waals surface area contributed by atoms with Crippen molar-refractivity contribution in [1.82, 2.24) is 4.98 Å². The van der Waals surface area contributed by atoms with E-state index in [0.717, 1.165) is 21.8 Å². The molecule has 0 radical (unpaired) electrons. The van der Waals surface area contributed by atoms with Crippen molar-refractivity contribution < 1.29 is 4.39 Å². The van der Waals surface area contributed by atoms with Gasteiger partial charge < -0.3 is 5.32 Å². The van der Waals surface area contributed by atoms with E-state index in [-0.39, 0.29) is 5.82 Å². The van der Waals surface area contributed by atoms with Crippen LogP contribution in [0.5, 0.6) is 0 Å². The molecule has 2 nitrogen and oxygen atoms in total. The van der Waals surface area contributed by atoms with Crippen LogP contribution in [0.2, 0.25) is 0 Å². The van der Waals surface area contributed by atoms with Crippen molar-refractivity contribution in [3.63, 3.8) is 0 Å². The van der Waals surface area contributed by atoms with Crippen LogP contribution in [0, 0.1) is 5.82 Å². The summed E-state index contributed by atoms with van der Waals surface area (Å²) in [5.74, 6) is -0.228. The predicted octanol–water partition coefficient (Wildman–Crippen LogP) is 4.43. The molecular weight excluding hydrogens is 235 g/mol. The fraction of sp³-hybridized carbons (Fsp3) is 0.462. The number of halogens is 1. The Morgan fingerprint density at radius 1 is 1.47 bits per heavy atom. The zero-order valence-corrected chi connectivity index (χ0v) is 11.0. The number of aromatic nitrogens is 1. The molecule has 0 aliphatic rings. The molecule has 2 rings (SSSR count). The summed E-state index contributed by atoms with van der Waals surface area (Å²) in [5, 5.41) is 4.25.